The average Bonchev–Trinajstić information content (AvgIpc) is 2.61. The summed E-state index contributed by atoms with van der Waals surface area (Å²) < 4.78 is 5.77. The van der Waals surface area contributed by atoms with E-state index < -0.39 is 0 Å². The second kappa shape index (κ2) is 7.65. The van der Waals surface area contributed by atoms with Crippen molar-refractivity contribution in [1.82, 2.24) is 0 Å². The first-order valence-corrected chi connectivity index (χ1v) is 7.84. The molecule has 0 aromatic heterocycles. The standard InChI is InChI=1S/C20H17NOS/c23-20-12-8-18(9-13-20)21-14-16-6-10-19(11-7-16)22-15-17-4-2-1-3-5-17/h1-14,23H,15H2. The maximum Gasteiger partial charge on any atom is 0.119 e. The van der Waals surface area contributed by atoms with Gasteiger partial charge in [-0.3, -0.25) is 4.99 Å². The molecule has 3 aromatic rings. The van der Waals surface area contributed by atoms with Crippen LogP contribution in [0.25, 0.3) is 0 Å². The molecule has 0 saturated carbocycles. The molecule has 0 atom stereocenters. The quantitative estimate of drug-likeness (QED) is 0.500. The van der Waals surface area contributed by atoms with Crippen molar-refractivity contribution in [3.05, 3.63) is 90.0 Å². The minimum absolute atomic E-state index is 0.574. The Morgan fingerprint density at radius 2 is 1.52 bits per heavy atom. The van der Waals surface area contributed by atoms with E-state index in [9.17, 15) is 0 Å². The molecule has 0 fully saturated rings. The molecular formula is C20H17NOS. The Kier molecular flexibility index (Phi) is 5.12. The lowest BCUT2D eigenvalue weighted by Gasteiger charge is -2.06. The molecule has 0 bridgehead atoms. The van der Waals surface area contributed by atoms with Gasteiger partial charge in [-0.25, -0.2) is 0 Å². The molecule has 3 heteroatoms. The van der Waals surface area contributed by atoms with Crippen LogP contribution in [0, 0.1) is 0 Å². The summed E-state index contributed by atoms with van der Waals surface area (Å²) in [5.41, 5.74) is 3.10. The smallest absolute Gasteiger partial charge is 0.119 e. The number of benzene rings is 3. The van der Waals surface area contributed by atoms with Crippen LogP contribution >= 0.6 is 12.6 Å². The van der Waals surface area contributed by atoms with Gasteiger partial charge in [0, 0.05) is 11.1 Å². The summed E-state index contributed by atoms with van der Waals surface area (Å²) in [7, 11) is 0. The van der Waals surface area contributed by atoms with Gasteiger partial charge in [0.2, 0.25) is 0 Å². The van der Waals surface area contributed by atoms with E-state index in [4.69, 9.17) is 4.74 Å². The molecule has 0 spiro atoms. The summed E-state index contributed by atoms with van der Waals surface area (Å²) in [5, 5.41) is 0. The van der Waals surface area contributed by atoms with Crippen LogP contribution in [0.5, 0.6) is 5.75 Å². The predicted octanol–water partition coefficient (Wildman–Crippen LogP) is 5.30. The van der Waals surface area contributed by atoms with Gasteiger partial charge in [0.1, 0.15) is 12.4 Å². The van der Waals surface area contributed by atoms with Crippen molar-refractivity contribution in [3.63, 3.8) is 0 Å². The van der Waals surface area contributed by atoms with E-state index in [1.165, 1.54) is 0 Å². The Morgan fingerprint density at radius 3 is 2.22 bits per heavy atom. The summed E-state index contributed by atoms with van der Waals surface area (Å²) in [6.45, 7) is 0.574. The van der Waals surface area contributed by atoms with Crippen molar-refractivity contribution < 1.29 is 4.74 Å². The monoisotopic (exact) mass is 319 g/mol. The van der Waals surface area contributed by atoms with E-state index in [1.54, 1.807) is 0 Å². The lowest BCUT2D eigenvalue weighted by molar-refractivity contribution is 0.306. The molecule has 0 radical (unpaired) electrons. The number of hydrogen-bond donors (Lipinski definition) is 1. The fourth-order valence-corrected chi connectivity index (χ4v) is 2.23. The first-order valence-electron chi connectivity index (χ1n) is 7.39. The fourth-order valence-electron chi connectivity index (χ4n) is 2.08. The Labute approximate surface area is 141 Å². The highest BCUT2D eigenvalue weighted by Gasteiger charge is 1.96. The van der Waals surface area contributed by atoms with Crippen molar-refractivity contribution in [2.75, 3.05) is 0 Å². The third-order valence-electron chi connectivity index (χ3n) is 3.34. The molecule has 3 rings (SSSR count). The molecule has 0 amide bonds. The first-order chi connectivity index (χ1) is 11.3. The molecule has 0 aliphatic rings. The summed E-state index contributed by atoms with van der Waals surface area (Å²) in [4.78, 5) is 5.38. The van der Waals surface area contributed by atoms with E-state index in [2.05, 4.69) is 29.8 Å². The summed E-state index contributed by atoms with van der Waals surface area (Å²) >= 11 is 4.26. The number of aliphatic imine (C=N–C) groups is 1. The van der Waals surface area contributed by atoms with Gasteiger partial charge in [0.25, 0.3) is 0 Å². The van der Waals surface area contributed by atoms with E-state index in [1.807, 2.05) is 72.9 Å². The summed E-state index contributed by atoms with van der Waals surface area (Å²) in [5.74, 6) is 0.852. The topological polar surface area (TPSA) is 21.6 Å². The van der Waals surface area contributed by atoms with Gasteiger partial charge < -0.3 is 4.74 Å². The molecule has 0 saturated heterocycles. The van der Waals surface area contributed by atoms with Gasteiger partial charge >= 0.3 is 0 Å². The van der Waals surface area contributed by atoms with Gasteiger partial charge in [0.15, 0.2) is 0 Å². The van der Waals surface area contributed by atoms with Crippen LogP contribution in [-0.4, -0.2) is 6.21 Å². The van der Waals surface area contributed by atoms with Crippen molar-refractivity contribution in [2.24, 2.45) is 4.99 Å². The van der Waals surface area contributed by atoms with Crippen LogP contribution in [0.1, 0.15) is 11.1 Å². The molecule has 0 unspecified atom stereocenters. The summed E-state index contributed by atoms with van der Waals surface area (Å²) in [6, 6.07) is 25.8. The zero-order valence-corrected chi connectivity index (χ0v) is 13.5. The third-order valence-corrected chi connectivity index (χ3v) is 3.64. The normalized spacial score (nSPS) is 10.8. The maximum atomic E-state index is 5.77. The largest absolute Gasteiger partial charge is 0.489 e. The van der Waals surface area contributed by atoms with E-state index >= 15 is 0 Å². The zero-order valence-electron chi connectivity index (χ0n) is 12.6. The van der Waals surface area contributed by atoms with Crippen molar-refractivity contribution in [2.45, 2.75) is 11.5 Å². The number of rotatable bonds is 5. The van der Waals surface area contributed by atoms with Gasteiger partial charge in [0.05, 0.1) is 5.69 Å². The number of hydrogen-bond acceptors (Lipinski definition) is 3. The maximum absolute atomic E-state index is 5.77. The highest BCUT2D eigenvalue weighted by Crippen LogP contribution is 2.16. The molecule has 114 valence electrons. The van der Waals surface area contributed by atoms with Gasteiger partial charge in [-0.05, 0) is 59.7 Å². The highest BCUT2D eigenvalue weighted by molar-refractivity contribution is 7.80. The second-order valence-corrected chi connectivity index (χ2v) is 5.63. The van der Waals surface area contributed by atoms with Crippen LogP contribution in [-0.2, 0) is 6.61 Å². The minimum atomic E-state index is 0.574. The molecule has 0 heterocycles. The van der Waals surface area contributed by atoms with Crippen LogP contribution in [0.3, 0.4) is 0 Å². The van der Waals surface area contributed by atoms with E-state index in [0.717, 1.165) is 27.5 Å². The molecule has 0 N–H and O–H groups in total. The molecule has 0 aliphatic carbocycles. The SMILES string of the molecule is Sc1ccc(N=Cc2ccc(OCc3ccccc3)cc2)cc1. The lowest BCUT2D eigenvalue weighted by Crippen LogP contribution is -1.94. The van der Waals surface area contributed by atoms with Gasteiger partial charge in [-0.1, -0.05) is 30.3 Å². The molecular weight excluding hydrogens is 302 g/mol. The Morgan fingerprint density at radius 1 is 0.826 bits per heavy atom. The number of thiol groups is 1. The predicted molar refractivity (Wildman–Crippen MR) is 98.2 cm³/mol. The minimum Gasteiger partial charge on any atom is -0.489 e. The van der Waals surface area contributed by atoms with Crippen LogP contribution < -0.4 is 4.74 Å². The van der Waals surface area contributed by atoms with E-state index in [0.29, 0.717) is 6.61 Å². The third kappa shape index (κ3) is 4.73. The average molecular weight is 319 g/mol. The van der Waals surface area contributed by atoms with Gasteiger partial charge in [-0.15, -0.1) is 12.6 Å². The second-order valence-electron chi connectivity index (χ2n) is 5.12. The molecule has 2 nitrogen and oxygen atoms in total. The molecule has 0 aliphatic heterocycles. The number of ether oxygens (including phenoxy) is 1. The van der Waals surface area contributed by atoms with Crippen molar-refractivity contribution in [1.29, 1.82) is 0 Å². The zero-order chi connectivity index (χ0) is 15.9. The van der Waals surface area contributed by atoms with Crippen molar-refractivity contribution in [3.8, 4) is 5.75 Å². The van der Waals surface area contributed by atoms with Crippen LogP contribution in [0.2, 0.25) is 0 Å². The molecule has 3 aromatic carbocycles. The lowest BCUT2D eigenvalue weighted by atomic mass is 10.2. The Balaban J connectivity index is 1.59. The molecule has 23 heavy (non-hydrogen) atoms. The Bertz CT molecular complexity index is 765. The first kappa shape index (κ1) is 15.4. The highest BCUT2D eigenvalue weighted by atomic mass is 32.1. The fraction of sp³-hybridized carbons (Fsp3) is 0.0500. The van der Waals surface area contributed by atoms with Crippen LogP contribution in [0.4, 0.5) is 5.69 Å². The summed E-state index contributed by atoms with van der Waals surface area (Å²) in [6.07, 6.45) is 1.84. The van der Waals surface area contributed by atoms with Gasteiger partial charge in [-0.2, -0.15) is 0 Å². The number of nitrogens with zero attached hydrogens (tertiary/aromatic N) is 1. The Hall–Kier alpha value is -2.52. The van der Waals surface area contributed by atoms with Crippen LogP contribution in [0.15, 0.2) is 88.8 Å². The van der Waals surface area contributed by atoms with Crippen molar-refractivity contribution >= 4 is 24.5 Å². The van der Waals surface area contributed by atoms with E-state index in [-0.39, 0.29) is 0 Å².